The van der Waals surface area contributed by atoms with Gasteiger partial charge in [0.1, 0.15) is 0 Å². The molecule has 122 valence electrons. The van der Waals surface area contributed by atoms with Gasteiger partial charge >= 0.3 is 6.03 Å². The minimum atomic E-state index is -0.391. The summed E-state index contributed by atoms with van der Waals surface area (Å²) >= 11 is 0. The third-order valence-corrected chi connectivity index (χ3v) is 4.05. The summed E-state index contributed by atoms with van der Waals surface area (Å²) in [4.78, 5) is 16.1. The molecule has 0 aliphatic carbocycles. The second-order valence-electron chi connectivity index (χ2n) is 6.09. The molecule has 1 atom stereocenters. The first kappa shape index (κ1) is 16.6. The van der Waals surface area contributed by atoms with E-state index in [2.05, 4.69) is 16.3 Å². The van der Waals surface area contributed by atoms with Gasteiger partial charge in [-0.25, -0.2) is 4.79 Å². The Morgan fingerprint density at radius 3 is 2.77 bits per heavy atom. The zero-order chi connectivity index (χ0) is 15.9. The molecule has 5 nitrogen and oxygen atoms in total. The number of amides is 2. The van der Waals surface area contributed by atoms with Gasteiger partial charge in [-0.05, 0) is 50.8 Å². The van der Waals surface area contributed by atoms with Crippen molar-refractivity contribution >= 4 is 17.4 Å². The van der Waals surface area contributed by atoms with Crippen molar-refractivity contribution in [3.05, 3.63) is 24.3 Å². The zero-order valence-corrected chi connectivity index (χ0v) is 13.6. The number of aliphatic hydroxyl groups excluding tert-OH is 1. The minimum absolute atomic E-state index is 0.142. The number of benzene rings is 1. The quantitative estimate of drug-likeness (QED) is 0.879. The van der Waals surface area contributed by atoms with Crippen molar-refractivity contribution in [3.63, 3.8) is 0 Å². The number of rotatable bonds is 5. The molecule has 1 aliphatic rings. The molecule has 2 N–H and O–H groups in total. The molecule has 2 rings (SSSR count). The van der Waals surface area contributed by atoms with Crippen LogP contribution < -0.4 is 10.2 Å². The molecular formula is C17H27N3O2. The summed E-state index contributed by atoms with van der Waals surface area (Å²) in [5.41, 5.74) is 1.99. The highest BCUT2D eigenvalue weighted by Crippen LogP contribution is 2.23. The molecule has 0 bridgehead atoms. The fourth-order valence-electron chi connectivity index (χ4n) is 2.63. The molecule has 1 heterocycles. The predicted molar refractivity (Wildman–Crippen MR) is 90.5 cm³/mol. The van der Waals surface area contributed by atoms with Crippen LogP contribution in [-0.2, 0) is 0 Å². The second-order valence-corrected chi connectivity index (χ2v) is 6.09. The van der Waals surface area contributed by atoms with Crippen molar-refractivity contribution in [2.45, 2.75) is 38.7 Å². The first-order chi connectivity index (χ1) is 10.6. The number of piperidine rings is 1. The number of nitrogens with one attached hydrogen (secondary N) is 1. The fraction of sp³-hybridized carbons (Fsp3) is 0.588. The van der Waals surface area contributed by atoms with Crippen LogP contribution in [0.3, 0.4) is 0 Å². The number of aliphatic hydroxyl groups is 1. The van der Waals surface area contributed by atoms with E-state index in [0.29, 0.717) is 13.0 Å². The van der Waals surface area contributed by atoms with Gasteiger partial charge < -0.3 is 20.2 Å². The van der Waals surface area contributed by atoms with E-state index < -0.39 is 6.10 Å². The monoisotopic (exact) mass is 305 g/mol. The highest BCUT2D eigenvalue weighted by Gasteiger charge is 2.13. The third-order valence-electron chi connectivity index (χ3n) is 4.05. The zero-order valence-electron chi connectivity index (χ0n) is 13.6. The van der Waals surface area contributed by atoms with Gasteiger partial charge in [0.2, 0.25) is 0 Å². The van der Waals surface area contributed by atoms with Gasteiger partial charge in [-0.15, -0.1) is 0 Å². The number of carbonyl (C=O) groups is 1. The smallest absolute Gasteiger partial charge is 0.321 e. The van der Waals surface area contributed by atoms with Crippen LogP contribution >= 0.6 is 0 Å². The molecule has 1 unspecified atom stereocenters. The highest BCUT2D eigenvalue weighted by atomic mass is 16.3. The van der Waals surface area contributed by atoms with Gasteiger partial charge in [0.15, 0.2) is 0 Å². The topological polar surface area (TPSA) is 55.8 Å². The van der Waals surface area contributed by atoms with E-state index in [1.807, 2.05) is 18.2 Å². The summed E-state index contributed by atoms with van der Waals surface area (Å²) in [7, 11) is 1.74. The Morgan fingerprint density at radius 2 is 2.09 bits per heavy atom. The van der Waals surface area contributed by atoms with Crippen LogP contribution in [0.2, 0.25) is 0 Å². The fourth-order valence-corrected chi connectivity index (χ4v) is 2.63. The van der Waals surface area contributed by atoms with Gasteiger partial charge in [0, 0.05) is 38.1 Å². The van der Waals surface area contributed by atoms with E-state index in [-0.39, 0.29) is 6.03 Å². The molecule has 1 saturated heterocycles. The van der Waals surface area contributed by atoms with Gasteiger partial charge in [0.05, 0.1) is 6.10 Å². The summed E-state index contributed by atoms with van der Waals surface area (Å²) in [6.07, 6.45) is 3.97. The summed E-state index contributed by atoms with van der Waals surface area (Å²) in [6, 6.07) is 7.88. The predicted octanol–water partition coefficient (Wildman–Crippen LogP) is 2.91. The molecule has 22 heavy (non-hydrogen) atoms. The van der Waals surface area contributed by atoms with Crippen LogP contribution in [0, 0.1) is 0 Å². The second kappa shape index (κ2) is 8.03. The van der Waals surface area contributed by atoms with E-state index in [1.165, 1.54) is 24.9 Å². The number of nitrogens with zero attached hydrogens (tertiary/aromatic N) is 2. The Bertz CT molecular complexity index is 485. The maximum absolute atomic E-state index is 12.1. The van der Waals surface area contributed by atoms with Crippen molar-refractivity contribution in [2.75, 3.05) is 36.9 Å². The first-order valence-corrected chi connectivity index (χ1v) is 8.11. The van der Waals surface area contributed by atoms with E-state index in [1.54, 1.807) is 18.9 Å². The molecule has 0 radical (unpaired) electrons. The molecule has 1 aromatic carbocycles. The Hall–Kier alpha value is -1.75. The van der Waals surface area contributed by atoms with Crippen LogP contribution in [0.5, 0.6) is 0 Å². The van der Waals surface area contributed by atoms with Crippen molar-refractivity contribution < 1.29 is 9.90 Å². The molecule has 2 amide bonds. The lowest BCUT2D eigenvalue weighted by Gasteiger charge is -2.29. The Kier molecular flexibility index (Phi) is 6.07. The summed E-state index contributed by atoms with van der Waals surface area (Å²) in [6.45, 7) is 4.44. The van der Waals surface area contributed by atoms with E-state index >= 15 is 0 Å². The molecule has 1 fully saturated rings. The Labute approximate surface area is 132 Å². The molecule has 0 aromatic heterocycles. The van der Waals surface area contributed by atoms with Crippen LogP contribution in [-0.4, -0.2) is 48.8 Å². The average molecular weight is 305 g/mol. The summed E-state index contributed by atoms with van der Waals surface area (Å²) in [5, 5.41) is 12.2. The lowest BCUT2D eigenvalue weighted by molar-refractivity contribution is 0.167. The molecule has 0 saturated carbocycles. The maximum atomic E-state index is 12.1. The number of hydrogen-bond donors (Lipinski definition) is 2. The Morgan fingerprint density at radius 1 is 1.36 bits per heavy atom. The Balaban J connectivity index is 1.93. The molecule has 5 heteroatoms. The summed E-state index contributed by atoms with van der Waals surface area (Å²) in [5.74, 6) is 0. The highest BCUT2D eigenvalue weighted by molar-refractivity contribution is 5.89. The van der Waals surface area contributed by atoms with E-state index in [4.69, 9.17) is 0 Å². The number of anilines is 2. The van der Waals surface area contributed by atoms with Crippen LogP contribution in [0.15, 0.2) is 24.3 Å². The minimum Gasteiger partial charge on any atom is -0.393 e. The molecule has 1 aliphatic heterocycles. The van der Waals surface area contributed by atoms with Crippen molar-refractivity contribution in [3.8, 4) is 0 Å². The first-order valence-electron chi connectivity index (χ1n) is 8.11. The van der Waals surface area contributed by atoms with Crippen molar-refractivity contribution in [1.82, 2.24) is 4.90 Å². The van der Waals surface area contributed by atoms with Crippen molar-refractivity contribution in [1.29, 1.82) is 0 Å². The average Bonchev–Trinajstić information content (AvgIpc) is 2.53. The number of urea groups is 1. The van der Waals surface area contributed by atoms with Gasteiger partial charge in [-0.1, -0.05) is 6.07 Å². The van der Waals surface area contributed by atoms with Crippen LogP contribution in [0.1, 0.15) is 32.6 Å². The van der Waals surface area contributed by atoms with E-state index in [0.717, 1.165) is 18.8 Å². The van der Waals surface area contributed by atoms with Gasteiger partial charge in [0.25, 0.3) is 0 Å². The lowest BCUT2D eigenvalue weighted by atomic mass is 10.1. The van der Waals surface area contributed by atoms with Crippen LogP contribution in [0.25, 0.3) is 0 Å². The van der Waals surface area contributed by atoms with Crippen molar-refractivity contribution in [2.24, 2.45) is 0 Å². The molecule has 0 spiro atoms. The maximum Gasteiger partial charge on any atom is 0.321 e. The largest absolute Gasteiger partial charge is 0.393 e. The molecular weight excluding hydrogens is 278 g/mol. The van der Waals surface area contributed by atoms with Gasteiger partial charge in [-0.3, -0.25) is 0 Å². The van der Waals surface area contributed by atoms with Crippen LogP contribution in [0.4, 0.5) is 16.2 Å². The summed E-state index contributed by atoms with van der Waals surface area (Å²) < 4.78 is 0. The number of carbonyl (C=O) groups excluding carboxylic acids is 1. The number of hydrogen-bond acceptors (Lipinski definition) is 3. The van der Waals surface area contributed by atoms with E-state index in [9.17, 15) is 9.90 Å². The SMILES string of the molecule is CC(O)CCN(C)C(=O)Nc1cccc(N2CCCCC2)c1. The van der Waals surface area contributed by atoms with Gasteiger partial charge in [-0.2, -0.15) is 0 Å². The lowest BCUT2D eigenvalue weighted by Crippen LogP contribution is -2.33. The normalized spacial score (nSPS) is 16.2. The third kappa shape index (κ3) is 4.91. The standard InChI is InChI=1S/C17H27N3O2/c1-14(21)9-12-19(2)17(22)18-15-7-6-8-16(13-15)20-10-4-3-5-11-20/h6-8,13-14,21H,3-5,9-12H2,1-2H3,(H,18,22). The molecule has 1 aromatic rings.